The molecule has 1 heteroatoms. The number of hydrogen-bond donors (Lipinski definition) is 1. The maximum Gasteiger partial charge on any atom is 0.0683 e. The van der Waals surface area contributed by atoms with Gasteiger partial charge in [0.15, 0.2) is 0 Å². The third kappa shape index (κ3) is 1.31. The minimum Gasteiger partial charge on any atom is -0.390 e. The van der Waals surface area contributed by atoms with E-state index in [-0.39, 0.29) is 5.60 Å². The van der Waals surface area contributed by atoms with Crippen LogP contribution in [0.4, 0.5) is 0 Å². The zero-order valence-corrected chi connectivity index (χ0v) is 7.63. The van der Waals surface area contributed by atoms with Gasteiger partial charge in [-0.15, -0.1) is 6.58 Å². The lowest BCUT2D eigenvalue weighted by molar-refractivity contribution is 0.0784. The average Bonchev–Trinajstić information content (AvgIpc) is 2.73. The van der Waals surface area contributed by atoms with Crippen LogP contribution in [0.2, 0.25) is 0 Å². The lowest BCUT2D eigenvalue weighted by Crippen LogP contribution is -2.21. The Morgan fingerprint density at radius 2 is 2.42 bits per heavy atom. The second-order valence-electron chi connectivity index (χ2n) is 4.43. The standard InChI is InChI=1S/C11H18O/c1-2-3-5-9-6-4-7-11(12)8-10(9)11/h2,9-10,12H,1,3-8H2. The van der Waals surface area contributed by atoms with E-state index in [1.807, 2.05) is 6.08 Å². The molecule has 2 fully saturated rings. The third-order valence-corrected chi connectivity index (χ3v) is 3.60. The van der Waals surface area contributed by atoms with Crippen LogP contribution in [0.15, 0.2) is 12.7 Å². The third-order valence-electron chi connectivity index (χ3n) is 3.60. The van der Waals surface area contributed by atoms with Gasteiger partial charge in [-0.25, -0.2) is 0 Å². The molecule has 0 aromatic rings. The van der Waals surface area contributed by atoms with E-state index < -0.39 is 0 Å². The summed E-state index contributed by atoms with van der Waals surface area (Å²) in [5, 5.41) is 9.89. The van der Waals surface area contributed by atoms with Crippen molar-refractivity contribution in [3.05, 3.63) is 12.7 Å². The zero-order valence-electron chi connectivity index (χ0n) is 7.63. The number of allylic oxidation sites excluding steroid dienone is 1. The van der Waals surface area contributed by atoms with E-state index in [0.29, 0.717) is 5.92 Å². The van der Waals surface area contributed by atoms with Crippen LogP contribution < -0.4 is 0 Å². The fourth-order valence-electron chi connectivity index (χ4n) is 2.76. The van der Waals surface area contributed by atoms with Crippen molar-refractivity contribution in [3.8, 4) is 0 Å². The Bertz CT molecular complexity index is 187. The van der Waals surface area contributed by atoms with Crippen molar-refractivity contribution in [3.63, 3.8) is 0 Å². The van der Waals surface area contributed by atoms with E-state index >= 15 is 0 Å². The lowest BCUT2D eigenvalue weighted by atomic mass is 9.84. The molecule has 2 saturated carbocycles. The van der Waals surface area contributed by atoms with Gasteiger partial charge in [0, 0.05) is 0 Å². The van der Waals surface area contributed by atoms with Gasteiger partial charge in [0.1, 0.15) is 0 Å². The van der Waals surface area contributed by atoms with Crippen LogP contribution in [0.1, 0.15) is 38.5 Å². The average molecular weight is 166 g/mol. The van der Waals surface area contributed by atoms with Gasteiger partial charge in [-0.3, -0.25) is 0 Å². The Labute approximate surface area is 74.5 Å². The Morgan fingerprint density at radius 3 is 3.17 bits per heavy atom. The quantitative estimate of drug-likeness (QED) is 0.639. The smallest absolute Gasteiger partial charge is 0.0683 e. The lowest BCUT2D eigenvalue weighted by Gasteiger charge is -2.24. The number of aliphatic hydroxyl groups is 1. The summed E-state index contributed by atoms with van der Waals surface area (Å²) < 4.78 is 0. The number of rotatable bonds is 3. The molecule has 2 rings (SSSR count). The highest BCUT2D eigenvalue weighted by Gasteiger charge is 2.57. The van der Waals surface area contributed by atoms with Gasteiger partial charge in [-0.05, 0) is 43.9 Å². The molecule has 12 heavy (non-hydrogen) atoms. The van der Waals surface area contributed by atoms with Crippen molar-refractivity contribution < 1.29 is 5.11 Å². The van der Waals surface area contributed by atoms with Crippen LogP contribution in [0, 0.1) is 11.8 Å². The highest BCUT2D eigenvalue weighted by molar-refractivity contribution is 5.08. The molecule has 68 valence electrons. The molecule has 0 amide bonds. The van der Waals surface area contributed by atoms with Gasteiger partial charge in [0.25, 0.3) is 0 Å². The number of hydrogen-bond acceptors (Lipinski definition) is 1. The van der Waals surface area contributed by atoms with E-state index in [1.54, 1.807) is 0 Å². The van der Waals surface area contributed by atoms with Crippen LogP contribution in [-0.4, -0.2) is 10.7 Å². The van der Waals surface area contributed by atoms with Crippen molar-refractivity contribution in [2.24, 2.45) is 11.8 Å². The first kappa shape index (κ1) is 8.31. The first-order valence-electron chi connectivity index (χ1n) is 5.09. The highest BCUT2D eigenvalue weighted by atomic mass is 16.3. The topological polar surface area (TPSA) is 20.2 Å². The van der Waals surface area contributed by atoms with E-state index in [0.717, 1.165) is 25.2 Å². The minimum absolute atomic E-state index is 0.218. The van der Waals surface area contributed by atoms with Gasteiger partial charge in [-0.2, -0.15) is 0 Å². The summed E-state index contributed by atoms with van der Waals surface area (Å²) in [6.45, 7) is 3.74. The molecule has 1 N–H and O–H groups in total. The van der Waals surface area contributed by atoms with Crippen molar-refractivity contribution >= 4 is 0 Å². The monoisotopic (exact) mass is 166 g/mol. The first-order valence-corrected chi connectivity index (χ1v) is 5.09. The van der Waals surface area contributed by atoms with Crippen molar-refractivity contribution in [1.29, 1.82) is 0 Å². The summed E-state index contributed by atoms with van der Waals surface area (Å²) in [5.74, 6) is 1.44. The maximum atomic E-state index is 9.89. The predicted octanol–water partition coefficient (Wildman–Crippen LogP) is 2.50. The Kier molecular flexibility index (Phi) is 1.99. The van der Waals surface area contributed by atoms with E-state index in [9.17, 15) is 5.11 Å². The van der Waals surface area contributed by atoms with Gasteiger partial charge >= 0.3 is 0 Å². The van der Waals surface area contributed by atoms with Crippen molar-refractivity contribution in [2.75, 3.05) is 0 Å². The van der Waals surface area contributed by atoms with Crippen LogP contribution in [0.3, 0.4) is 0 Å². The van der Waals surface area contributed by atoms with Crippen LogP contribution in [0.25, 0.3) is 0 Å². The summed E-state index contributed by atoms with van der Waals surface area (Å²) in [6.07, 6.45) is 9.07. The maximum absolute atomic E-state index is 9.89. The molecule has 0 bridgehead atoms. The predicted molar refractivity (Wildman–Crippen MR) is 49.8 cm³/mol. The summed E-state index contributed by atoms with van der Waals surface area (Å²) in [5.41, 5.74) is -0.218. The zero-order chi connectivity index (χ0) is 8.60. The summed E-state index contributed by atoms with van der Waals surface area (Å²) >= 11 is 0. The normalized spacial score (nSPS) is 45.1. The molecule has 0 spiro atoms. The molecule has 0 heterocycles. The van der Waals surface area contributed by atoms with E-state index in [4.69, 9.17) is 0 Å². The van der Waals surface area contributed by atoms with Gasteiger partial charge in [0.05, 0.1) is 5.60 Å². The Balaban J connectivity index is 1.87. The van der Waals surface area contributed by atoms with Gasteiger partial charge in [-0.1, -0.05) is 12.5 Å². The summed E-state index contributed by atoms with van der Waals surface area (Å²) in [7, 11) is 0. The molecule has 3 atom stereocenters. The van der Waals surface area contributed by atoms with E-state index in [2.05, 4.69) is 6.58 Å². The molecule has 2 aliphatic carbocycles. The second-order valence-corrected chi connectivity index (χ2v) is 4.43. The SMILES string of the molecule is C=CCCC1CCCC2(O)CC12. The molecule has 1 nitrogen and oxygen atoms in total. The van der Waals surface area contributed by atoms with Gasteiger partial charge in [0.2, 0.25) is 0 Å². The Hall–Kier alpha value is -0.300. The molecule has 2 aliphatic rings. The van der Waals surface area contributed by atoms with E-state index in [1.165, 1.54) is 19.3 Å². The largest absolute Gasteiger partial charge is 0.390 e. The first-order chi connectivity index (χ1) is 5.76. The molecule has 3 unspecified atom stereocenters. The summed E-state index contributed by atoms with van der Waals surface area (Å²) in [6, 6.07) is 0. The van der Waals surface area contributed by atoms with Crippen LogP contribution >= 0.6 is 0 Å². The number of fused-ring (bicyclic) bond motifs is 1. The fourth-order valence-corrected chi connectivity index (χ4v) is 2.76. The van der Waals surface area contributed by atoms with Crippen molar-refractivity contribution in [2.45, 2.75) is 44.1 Å². The highest BCUT2D eigenvalue weighted by Crippen LogP contribution is 2.57. The van der Waals surface area contributed by atoms with Crippen LogP contribution in [0.5, 0.6) is 0 Å². The molecular formula is C11H18O. The Morgan fingerprint density at radius 1 is 1.58 bits per heavy atom. The molecule has 0 radical (unpaired) electrons. The molecule has 0 aromatic heterocycles. The van der Waals surface area contributed by atoms with Crippen molar-refractivity contribution in [1.82, 2.24) is 0 Å². The second kappa shape index (κ2) is 2.88. The minimum atomic E-state index is -0.218. The molecule has 0 aliphatic heterocycles. The summed E-state index contributed by atoms with van der Waals surface area (Å²) in [4.78, 5) is 0. The fraction of sp³-hybridized carbons (Fsp3) is 0.818. The van der Waals surface area contributed by atoms with Gasteiger partial charge < -0.3 is 5.11 Å². The van der Waals surface area contributed by atoms with Crippen LogP contribution in [-0.2, 0) is 0 Å². The molecule has 0 aromatic carbocycles. The molecular weight excluding hydrogens is 148 g/mol. The molecule has 0 saturated heterocycles.